The highest BCUT2D eigenvalue weighted by Gasteiger charge is 2.48. The molecule has 2 aliphatic heterocycles. The van der Waals surface area contributed by atoms with E-state index in [1.165, 1.54) is 13.3 Å². The van der Waals surface area contributed by atoms with Crippen molar-refractivity contribution in [3.8, 4) is 5.75 Å². The summed E-state index contributed by atoms with van der Waals surface area (Å²) >= 11 is 0. The average Bonchev–Trinajstić information content (AvgIpc) is 2.96. The summed E-state index contributed by atoms with van der Waals surface area (Å²) in [6.07, 6.45) is 3.08. The monoisotopic (exact) mass is 516 g/mol. The van der Waals surface area contributed by atoms with Gasteiger partial charge in [0.1, 0.15) is 5.56 Å². The van der Waals surface area contributed by atoms with E-state index in [1.807, 2.05) is 67.6 Å². The Hall–Kier alpha value is -3.91. The van der Waals surface area contributed by atoms with Crippen LogP contribution in [-0.4, -0.2) is 54.4 Å². The SMILES string of the molecule is CCCCOc1c2n(cc(C(=O)OC)c1=O)[C@@H](C(c1ccccc1)c1ccccc1)[C@H]1OCCCN1C2=O. The highest BCUT2D eigenvalue weighted by Crippen LogP contribution is 2.44. The largest absolute Gasteiger partial charge is 0.487 e. The number of hydrogen-bond acceptors (Lipinski definition) is 6. The van der Waals surface area contributed by atoms with Gasteiger partial charge in [0.25, 0.3) is 5.91 Å². The van der Waals surface area contributed by atoms with Crippen LogP contribution in [0, 0.1) is 0 Å². The molecule has 198 valence electrons. The number of carbonyl (C=O) groups excluding carboxylic acids is 2. The molecule has 8 nitrogen and oxygen atoms in total. The molecule has 0 aliphatic carbocycles. The lowest BCUT2D eigenvalue weighted by molar-refractivity contribution is -0.114. The normalized spacial score (nSPS) is 18.6. The molecule has 8 heteroatoms. The third kappa shape index (κ3) is 4.60. The Bertz CT molecular complexity index is 1310. The Balaban J connectivity index is 1.80. The number of aromatic nitrogens is 1. The fourth-order valence-corrected chi connectivity index (χ4v) is 5.42. The molecule has 3 aromatic rings. The molecule has 0 unspecified atom stereocenters. The predicted octanol–water partition coefficient (Wildman–Crippen LogP) is 4.39. The number of fused-ring (bicyclic) bond motifs is 2. The molecular formula is C30H32N2O6. The van der Waals surface area contributed by atoms with Crippen LogP contribution in [0.15, 0.2) is 71.7 Å². The summed E-state index contributed by atoms with van der Waals surface area (Å²) < 4.78 is 18.9. The summed E-state index contributed by atoms with van der Waals surface area (Å²) in [5.41, 5.74) is 1.36. The van der Waals surface area contributed by atoms with Crippen LogP contribution in [0.4, 0.5) is 0 Å². The average molecular weight is 517 g/mol. The van der Waals surface area contributed by atoms with Crippen LogP contribution in [0.1, 0.15) is 70.1 Å². The van der Waals surface area contributed by atoms with Crippen molar-refractivity contribution in [2.45, 2.75) is 44.4 Å². The van der Waals surface area contributed by atoms with E-state index in [0.29, 0.717) is 26.0 Å². The minimum absolute atomic E-state index is 0.111. The van der Waals surface area contributed by atoms with Gasteiger partial charge in [-0.15, -0.1) is 0 Å². The molecule has 5 rings (SSSR count). The van der Waals surface area contributed by atoms with E-state index in [-0.39, 0.29) is 35.4 Å². The number of methoxy groups -OCH3 is 1. The molecule has 0 bridgehead atoms. The van der Waals surface area contributed by atoms with Gasteiger partial charge in [0.15, 0.2) is 17.7 Å². The highest BCUT2D eigenvalue weighted by molar-refractivity contribution is 5.98. The molecule has 1 amide bonds. The molecule has 2 atom stereocenters. The molecule has 2 aliphatic rings. The number of unbranched alkanes of at least 4 members (excludes halogenated alkanes) is 1. The number of esters is 1. The maximum Gasteiger partial charge on any atom is 0.343 e. The van der Waals surface area contributed by atoms with Crippen molar-refractivity contribution in [2.24, 2.45) is 0 Å². The molecule has 0 N–H and O–H groups in total. The predicted molar refractivity (Wildman–Crippen MR) is 142 cm³/mol. The van der Waals surface area contributed by atoms with Gasteiger partial charge < -0.3 is 23.7 Å². The van der Waals surface area contributed by atoms with Gasteiger partial charge in [-0.05, 0) is 24.0 Å². The van der Waals surface area contributed by atoms with Gasteiger partial charge in [0.2, 0.25) is 5.43 Å². The van der Waals surface area contributed by atoms with E-state index in [4.69, 9.17) is 14.2 Å². The van der Waals surface area contributed by atoms with Crippen LogP contribution in [0.3, 0.4) is 0 Å². The van der Waals surface area contributed by atoms with Gasteiger partial charge in [0.05, 0.1) is 26.4 Å². The van der Waals surface area contributed by atoms with Gasteiger partial charge in [-0.2, -0.15) is 0 Å². The molecule has 1 fully saturated rings. The van der Waals surface area contributed by atoms with Gasteiger partial charge >= 0.3 is 5.97 Å². The van der Waals surface area contributed by atoms with Gasteiger partial charge in [-0.25, -0.2) is 4.79 Å². The zero-order chi connectivity index (χ0) is 26.6. The zero-order valence-electron chi connectivity index (χ0n) is 21.7. The summed E-state index contributed by atoms with van der Waals surface area (Å²) in [4.78, 5) is 41.9. The second kappa shape index (κ2) is 11.2. The lowest BCUT2D eigenvalue weighted by Crippen LogP contribution is -2.57. The lowest BCUT2D eigenvalue weighted by Gasteiger charge is -2.48. The van der Waals surface area contributed by atoms with Gasteiger partial charge in [-0.3, -0.25) is 9.59 Å². The number of amides is 1. The van der Waals surface area contributed by atoms with E-state index >= 15 is 0 Å². The maximum atomic E-state index is 13.9. The number of hydrogen-bond donors (Lipinski definition) is 0. The topological polar surface area (TPSA) is 87.1 Å². The van der Waals surface area contributed by atoms with Crippen LogP contribution >= 0.6 is 0 Å². The first-order valence-corrected chi connectivity index (χ1v) is 13.1. The summed E-state index contributed by atoms with van der Waals surface area (Å²) in [7, 11) is 1.23. The molecule has 0 spiro atoms. The quantitative estimate of drug-likeness (QED) is 0.326. The number of nitrogens with zero attached hydrogens (tertiary/aromatic N) is 2. The Morgan fingerprint density at radius 3 is 2.32 bits per heavy atom. The number of carbonyl (C=O) groups is 2. The van der Waals surface area contributed by atoms with Crippen molar-refractivity contribution in [2.75, 3.05) is 26.9 Å². The van der Waals surface area contributed by atoms with Crippen LogP contribution in [-0.2, 0) is 9.47 Å². The molecule has 2 aromatic carbocycles. The molecule has 1 saturated heterocycles. The van der Waals surface area contributed by atoms with E-state index in [9.17, 15) is 14.4 Å². The first-order valence-electron chi connectivity index (χ1n) is 13.1. The summed E-state index contributed by atoms with van der Waals surface area (Å²) in [6.45, 7) is 3.26. The fraction of sp³-hybridized carbons (Fsp3) is 0.367. The summed E-state index contributed by atoms with van der Waals surface area (Å²) in [6, 6.07) is 19.5. The molecule has 38 heavy (non-hydrogen) atoms. The smallest absolute Gasteiger partial charge is 0.343 e. The Kier molecular flexibility index (Phi) is 7.60. The lowest BCUT2D eigenvalue weighted by atomic mass is 9.82. The molecular weight excluding hydrogens is 484 g/mol. The zero-order valence-corrected chi connectivity index (χ0v) is 21.7. The van der Waals surface area contributed by atoms with Crippen molar-refractivity contribution >= 4 is 11.9 Å². The molecule has 1 aromatic heterocycles. The molecule has 0 saturated carbocycles. The second-order valence-electron chi connectivity index (χ2n) is 9.55. The standard InChI is InChI=1S/C30H32N2O6/c1-3-4-17-37-27-25-28(34)31-16-11-18-38-29(31)24(32(25)19-22(26(27)33)30(35)36-2)23(20-12-7-5-8-13-20)21-14-9-6-10-15-21/h5-10,12-15,19,23-24,29H,3-4,11,16-18H2,1-2H3/t24-,29+/m0/s1. The third-order valence-corrected chi connectivity index (χ3v) is 7.22. The summed E-state index contributed by atoms with van der Waals surface area (Å²) in [5.74, 6) is -1.49. The van der Waals surface area contributed by atoms with Crippen LogP contribution < -0.4 is 10.2 Å². The third-order valence-electron chi connectivity index (χ3n) is 7.22. The van der Waals surface area contributed by atoms with Crippen molar-refractivity contribution in [1.29, 1.82) is 0 Å². The maximum absolute atomic E-state index is 13.9. The van der Waals surface area contributed by atoms with Crippen LogP contribution in [0.5, 0.6) is 5.75 Å². The van der Waals surface area contributed by atoms with E-state index in [2.05, 4.69) is 0 Å². The Labute approximate surface area is 221 Å². The first-order chi connectivity index (χ1) is 18.6. The van der Waals surface area contributed by atoms with Crippen molar-refractivity contribution in [3.05, 3.63) is 99.5 Å². The fourth-order valence-electron chi connectivity index (χ4n) is 5.42. The number of rotatable bonds is 8. The second-order valence-corrected chi connectivity index (χ2v) is 9.55. The first kappa shape index (κ1) is 25.7. The van der Waals surface area contributed by atoms with Crippen LogP contribution in [0.25, 0.3) is 0 Å². The van der Waals surface area contributed by atoms with Gasteiger partial charge in [-0.1, -0.05) is 74.0 Å². The highest BCUT2D eigenvalue weighted by atomic mass is 16.5. The Morgan fingerprint density at radius 2 is 1.71 bits per heavy atom. The van der Waals surface area contributed by atoms with E-state index in [0.717, 1.165) is 17.5 Å². The number of pyridine rings is 1. The minimum atomic E-state index is -0.778. The van der Waals surface area contributed by atoms with Crippen molar-refractivity contribution < 1.29 is 23.8 Å². The Morgan fingerprint density at radius 1 is 1.05 bits per heavy atom. The van der Waals surface area contributed by atoms with E-state index < -0.39 is 23.7 Å². The van der Waals surface area contributed by atoms with E-state index in [1.54, 1.807) is 9.47 Å². The number of benzene rings is 2. The number of ether oxygens (including phenoxy) is 3. The molecule has 0 radical (unpaired) electrons. The minimum Gasteiger partial charge on any atom is -0.487 e. The van der Waals surface area contributed by atoms with Gasteiger partial charge in [0, 0.05) is 18.7 Å². The van der Waals surface area contributed by atoms with Crippen molar-refractivity contribution in [1.82, 2.24) is 9.47 Å². The van der Waals surface area contributed by atoms with Crippen LogP contribution in [0.2, 0.25) is 0 Å². The molecule has 3 heterocycles. The van der Waals surface area contributed by atoms with Crippen molar-refractivity contribution in [3.63, 3.8) is 0 Å². The summed E-state index contributed by atoms with van der Waals surface area (Å²) in [5, 5.41) is 0.